The third kappa shape index (κ3) is 2.68. The summed E-state index contributed by atoms with van der Waals surface area (Å²) in [5, 5.41) is 3.47. The number of hydrogen-bond acceptors (Lipinski definition) is 4. The van der Waals surface area contributed by atoms with Gasteiger partial charge in [-0.3, -0.25) is 4.79 Å². The smallest absolute Gasteiger partial charge is 0.251 e. The summed E-state index contributed by atoms with van der Waals surface area (Å²) < 4.78 is 12.3. The lowest BCUT2D eigenvalue weighted by atomic mass is 10.2. The maximum atomic E-state index is 12.2. The van der Waals surface area contributed by atoms with Crippen LogP contribution < -0.4 is 14.8 Å². The Kier molecular flexibility index (Phi) is 3.31. The summed E-state index contributed by atoms with van der Waals surface area (Å²) in [5.41, 5.74) is 2.05. The van der Waals surface area contributed by atoms with E-state index in [1.165, 1.54) is 0 Å². The maximum Gasteiger partial charge on any atom is 0.251 e. The minimum atomic E-state index is -0.196. The third-order valence-electron chi connectivity index (χ3n) is 3.53. The molecule has 1 amide bonds. The first-order valence-electron chi connectivity index (χ1n) is 7.00. The second-order valence-electron chi connectivity index (χ2n) is 5.10. The van der Waals surface area contributed by atoms with Crippen LogP contribution in [0, 0.1) is 0 Å². The average molecular weight is 330 g/mol. The Morgan fingerprint density at radius 3 is 3.00 bits per heavy atom. The number of carbonyl (C=O) groups is 1. The fourth-order valence-electron chi connectivity index (χ4n) is 2.41. The van der Waals surface area contributed by atoms with E-state index in [2.05, 4.69) is 10.3 Å². The molecule has 0 fully saturated rings. The minimum Gasteiger partial charge on any atom is -0.454 e. The highest BCUT2D eigenvalue weighted by Crippen LogP contribution is 2.32. The van der Waals surface area contributed by atoms with E-state index in [1.54, 1.807) is 30.5 Å². The number of benzene rings is 1. The van der Waals surface area contributed by atoms with Crippen molar-refractivity contribution < 1.29 is 14.3 Å². The van der Waals surface area contributed by atoms with E-state index < -0.39 is 0 Å². The van der Waals surface area contributed by atoms with E-state index >= 15 is 0 Å². The second kappa shape index (κ2) is 5.48. The predicted octanol–water partition coefficient (Wildman–Crippen LogP) is 2.65. The van der Waals surface area contributed by atoms with Gasteiger partial charge in [-0.05, 0) is 30.3 Å². The SMILES string of the molecule is O=C(NCc1cn2cc(Cl)ccc2n1)c1ccc2c(c1)OCO2. The average Bonchev–Trinajstić information content (AvgIpc) is 3.17. The van der Waals surface area contributed by atoms with Gasteiger partial charge in [0.25, 0.3) is 5.91 Å². The zero-order valence-corrected chi connectivity index (χ0v) is 12.7. The normalized spacial score (nSPS) is 12.6. The van der Waals surface area contributed by atoms with Crippen LogP contribution in [0.4, 0.5) is 0 Å². The molecule has 7 heteroatoms. The molecule has 0 bridgehead atoms. The van der Waals surface area contributed by atoms with E-state index in [0.29, 0.717) is 28.6 Å². The molecule has 4 rings (SSSR count). The first kappa shape index (κ1) is 13.9. The van der Waals surface area contributed by atoms with Gasteiger partial charge in [-0.1, -0.05) is 11.6 Å². The number of pyridine rings is 1. The topological polar surface area (TPSA) is 64.9 Å². The number of rotatable bonds is 3. The van der Waals surface area contributed by atoms with E-state index in [0.717, 1.165) is 11.3 Å². The summed E-state index contributed by atoms with van der Waals surface area (Å²) in [6.45, 7) is 0.511. The number of halogens is 1. The molecule has 0 saturated carbocycles. The lowest BCUT2D eigenvalue weighted by molar-refractivity contribution is 0.0950. The van der Waals surface area contributed by atoms with Crippen LogP contribution >= 0.6 is 11.6 Å². The molecule has 0 radical (unpaired) electrons. The molecule has 0 aliphatic carbocycles. The molecular formula is C16H12ClN3O3. The highest BCUT2D eigenvalue weighted by atomic mass is 35.5. The number of imidazole rings is 1. The molecule has 3 aromatic rings. The van der Waals surface area contributed by atoms with E-state index in [9.17, 15) is 4.79 Å². The van der Waals surface area contributed by atoms with Gasteiger partial charge in [-0.2, -0.15) is 0 Å². The van der Waals surface area contributed by atoms with Crippen molar-refractivity contribution in [3.8, 4) is 11.5 Å². The highest BCUT2D eigenvalue weighted by Gasteiger charge is 2.16. The van der Waals surface area contributed by atoms with Crippen molar-refractivity contribution in [1.82, 2.24) is 14.7 Å². The predicted molar refractivity (Wildman–Crippen MR) is 83.9 cm³/mol. The molecule has 0 atom stereocenters. The summed E-state index contributed by atoms with van der Waals surface area (Å²) in [6.07, 6.45) is 3.61. The van der Waals surface area contributed by atoms with Crippen LogP contribution in [0.5, 0.6) is 11.5 Å². The molecule has 23 heavy (non-hydrogen) atoms. The number of carbonyl (C=O) groups excluding carboxylic acids is 1. The molecule has 1 aliphatic rings. The third-order valence-corrected chi connectivity index (χ3v) is 3.75. The quantitative estimate of drug-likeness (QED) is 0.802. The van der Waals surface area contributed by atoms with Gasteiger partial charge >= 0.3 is 0 Å². The Morgan fingerprint density at radius 1 is 1.22 bits per heavy atom. The van der Waals surface area contributed by atoms with Crippen LogP contribution in [0.2, 0.25) is 5.02 Å². The number of nitrogens with one attached hydrogen (secondary N) is 1. The van der Waals surface area contributed by atoms with Crippen molar-refractivity contribution in [2.45, 2.75) is 6.54 Å². The van der Waals surface area contributed by atoms with Crippen molar-refractivity contribution in [3.63, 3.8) is 0 Å². The van der Waals surface area contributed by atoms with Gasteiger partial charge < -0.3 is 19.2 Å². The van der Waals surface area contributed by atoms with Crippen LogP contribution in [0.15, 0.2) is 42.7 Å². The monoisotopic (exact) mass is 329 g/mol. The van der Waals surface area contributed by atoms with Crippen molar-refractivity contribution >= 4 is 23.2 Å². The molecule has 6 nitrogen and oxygen atoms in total. The molecule has 0 spiro atoms. The largest absolute Gasteiger partial charge is 0.454 e. The summed E-state index contributed by atoms with van der Waals surface area (Å²) in [6, 6.07) is 8.70. The summed E-state index contributed by atoms with van der Waals surface area (Å²) in [5.74, 6) is 1.04. The van der Waals surface area contributed by atoms with Gasteiger partial charge in [0.1, 0.15) is 5.65 Å². The Bertz CT molecular complexity index is 907. The van der Waals surface area contributed by atoms with Gasteiger partial charge in [-0.15, -0.1) is 0 Å². The number of hydrogen-bond donors (Lipinski definition) is 1. The zero-order chi connectivity index (χ0) is 15.8. The fourth-order valence-corrected chi connectivity index (χ4v) is 2.58. The first-order chi connectivity index (χ1) is 11.2. The van der Waals surface area contributed by atoms with Crippen LogP contribution in [0.25, 0.3) is 5.65 Å². The minimum absolute atomic E-state index is 0.185. The van der Waals surface area contributed by atoms with E-state index in [-0.39, 0.29) is 12.7 Å². The van der Waals surface area contributed by atoms with Gasteiger partial charge in [0.2, 0.25) is 6.79 Å². The Labute approximate surface area is 136 Å². The first-order valence-corrected chi connectivity index (χ1v) is 7.38. The number of ether oxygens (including phenoxy) is 2. The number of aromatic nitrogens is 2. The van der Waals surface area contributed by atoms with Crippen molar-refractivity contribution in [1.29, 1.82) is 0 Å². The molecule has 1 aromatic carbocycles. The van der Waals surface area contributed by atoms with Crippen molar-refractivity contribution in [2.24, 2.45) is 0 Å². The summed E-state index contributed by atoms with van der Waals surface area (Å²) in [7, 11) is 0. The lowest BCUT2D eigenvalue weighted by Crippen LogP contribution is -2.22. The molecular weight excluding hydrogens is 318 g/mol. The Hall–Kier alpha value is -2.73. The van der Waals surface area contributed by atoms with Gasteiger partial charge in [0.05, 0.1) is 17.3 Å². The van der Waals surface area contributed by atoms with Gasteiger partial charge in [-0.25, -0.2) is 4.98 Å². The summed E-state index contributed by atoms with van der Waals surface area (Å²) in [4.78, 5) is 16.6. The lowest BCUT2D eigenvalue weighted by Gasteiger charge is -2.04. The van der Waals surface area contributed by atoms with Crippen LogP contribution in [-0.4, -0.2) is 22.1 Å². The van der Waals surface area contributed by atoms with Crippen LogP contribution in [0.3, 0.4) is 0 Å². The van der Waals surface area contributed by atoms with E-state index in [4.69, 9.17) is 21.1 Å². The van der Waals surface area contributed by atoms with Crippen LogP contribution in [-0.2, 0) is 6.54 Å². The van der Waals surface area contributed by atoms with Crippen molar-refractivity contribution in [3.05, 3.63) is 59.0 Å². The molecule has 3 heterocycles. The molecule has 1 aliphatic heterocycles. The number of amides is 1. The molecule has 1 N–H and O–H groups in total. The van der Waals surface area contributed by atoms with Crippen molar-refractivity contribution in [2.75, 3.05) is 6.79 Å². The standard InChI is InChI=1S/C16H12ClN3O3/c17-11-2-4-15-19-12(8-20(15)7-11)6-18-16(21)10-1-3-13-14(5-10)23-9-22-13/h1-5,7-8H,6,9H2,(H,18,21). The maximum absolute atomic E-state index is 12.2. The Balaban J connectivity index is 1.48. The fraction of sp³-hybridized carbons (Fsp3) is 0.125. The van der Waals surface area contributed by atoms with Gasteiger partial charge in [0, 0.05) is 18.0 Å². The van der Waals surface area contributed by atoms with Gasteiger partial charge in [0.15, 0.2) is 11.5 Å². The van der Waals surface area contributed by atoms with Crippen LogP contribution in [0.1, 0.15) is 16.1 Å². The number of nitrogens with zero attached hydrogens (tertiary/aromatic N) is 2. The molecule has 2 aromatic heterocycles. The molecule has 0 unspecified atom stereocenters. The second-order valence-corrected chi connectivity index (χ2v) is 5.53. The zero-order valence-electron chi connectivity index (χ0n) is 12.0. The highest BCUT2D eigenvalue weighted by molar-refractivity contribution is 6.30. The number of fused-ring (bicyclic) bond motifs is 2. The molecule has 0 saturated heterocycles. The Morgan fingerprint density at radius 2 is 2.09 bits per heavy atom. The summed E-state index contributed by atoms with van der Waals surface area (Å²) >= 11 is 5.94. The molecule has 116 valence electrons. The van der Waals surface area contributed by atoms with E-state index in [1.807, 2.05) is 16.7 Å².